The number of likely N-dealkylation sites (N-methyl/N-ethyl adjacent to an activating group) is 1. The molecule has 0 aliphatic carbocycles. The van der Waals surface area contributed by atoms with Crippen molar-refractivity contribution < 1.29 is 29.3 Å². The van der Waals surface area contributed by atoms with Crippen molar-refractivity contribution in [2.75, 3.05) is 13.6 Å². The standard InChI is InChI=1S/C41H48N2O6/c1-29(32-12-5-3-6-13-32)43(2)27-37-25-38(33-21-19-30(28-44)20-22-33)49-41(48-37)36-16-10-15-35(24-36)34-14-9-11-31(23-34)26-42-39(45)17-7-4-8-18-40(46)47/h3,5-6,9-16,19-24,29,37-38,41,44H,4,7-8,17-18,25-28H2,1-2H3,(H,42,45)(H,46,47). The Labute approximate surface area is 289 Å². The average Bonchev–Trinajstić information content (AvgIpc) is 3.13. The molecule has 1 saturated heterocycles. The first-order valence-electron chi connectivity index (χ1n) is 17.2. The number of aliphatic carboxylic acids is 1. The van der Waals surface area contributed by atoms with Gasteiger partial charge in [-0.1, -0.05) is 97.4 Å². The lowest BCUT2D eigenvalue weighted by Crippen LogP contribution is -2.38. The molecular formula is C41H48N2O6. The molecule has 4 atom stereocenters. The van der Waals surface area contributed by atoms with Crippen molar-refractivity contribution >= 4 is 11.9 Å². The van der Waals surface area contributed by atoms with Crippen LogP contribution in [0.5, 0.6) is 0 Å². The van der Waals surface area contributed by atoms with Crippen LogP contribution in [-0.4, -0.2) is 46.7 Å². The van der Waals surface area contributed by atoms with E-state index in [2.05, 4.69) is 72.7 Å². The number of unbranched alkanes of at least 4 members (excludes halogenated alkanes) is 2. The van der Waals surface area contributed by atoms with E-state index in [1.54, 1.807) is 0 Å². The fourth-order valence-corrected chi connectivity index (χ4v) is 6.25. The van der Waals surface area contributed by atoms with Crippen LogP contribution in [0, 0.1) is 0 Å². The van der Waals surface area contributed by atoms with Crippen LogP contribution in [0.4, 0.5) is 0 Å². The van der Waals surface area contributed by atoms with Crippen molar-refractivity contribution in [1.82, 2.24) is 10.2 Å². The molecule has 1 amide bonds. The second kappa shape index (κ2) is 17.9. The van der Waals surface area contributed by atoms with Crippen molar-refractivity contribution in [3.63, 3.8) is 0 Å². The van der Waals surface area contributed by atoms with Crippen LogP contribution in [0.1, 0.15) is 91.7 Å². The molecule has 49 heavy (non-hydrogen) atoms. The predicted molar refractivity (Wildman–Crippen MR) is 190 cm³/mol. The summed E-state index contributed by atoms with van der Waals surface area (Å²) in [6, 6.07) is 35.1. The van der Waals surface area contributed by atoms with Gasteiger partial charge in [0.2, 0.25) is 5.91 Å². The lowest BCUT2D eigenvalue weighted by atomic mass is 9.98. The number of hydrogen-bond acceptors (Lipinski definition) is 6. The first-order chi connectivity index (χ1) is 23.8. The molecule has 5 rings (SSSR count). The van der Waals surface area contributed by atoms with Gasteiger partial charge in [-0.2, -0.15) is 0 Å². The number of carbonyl (C=O) groups excluding carboxylic acids is 1. The SMILES string of the molecule is CC(c1ccccc1)N(C)CC1CC(c2ccc(CO)cc2)OC(c2cccc(-c3cccc(CNC(=O)CCCCCC(=O)O)c3)c2)O1. The van der Waals surface area contributed by atoms with E-state index in [4.69, 9.17) is 14.6 Å². The number of hydrogen-bond donors (Lipinski definition) is 3. The van der Waals surface area contributed by atoms with Crippen LogP contribution in [0.25, 0.3) is 11.1 Å². The molecular weight excluding hydrogens is 616 g/mol. The molecule has 0 bridgehead atoms. The maximum atomic E-state index is 12.4. The monoisotopic (exact) mass is 664 g/mol. The second-order valence-corrected chi connectivity index (χ2v) is 12.9. The van der Waals surface area contributed by atoms with E-state index in [0.717, 1.165) is 46.3 Å². The molecule has 0 aromatic heterocycles. The number of rotatable bonds is 16. The fourth-order valence-electron chi connectivity index (χ4n) is 6.25. The summed E-state index contributed by atoms with van der Waals surface area (Å²) in [6.07, 6.45) is 2.39. The molecule has 3 N–H and O–H groups in total. The van der Waals surface area contributed by atoms with Gasteiger partial charge in [0.15, 0.2) is 6.29 Å². The Morgan fingerprint density at radius 1 is 0.816 bits per heavy atom. The molecule has 0 radical (unpaired) electrons. The van der Waals surface area contributed by atoms with Crippen molar-refractivity contribution in [2.45, 2.75) is 83.1 Å². The summed E-state index contributed by atoms with van der Waals surface area (Å²) in [5.74, 6) is -0.836. The highest BCUT2D eigenvalue weighted by Gasteiger charge is 2.33. The topological polar surface area (TPSA) is 108 Å². The Morgan fingerprint density at radius 2 is 1.53 bits per heavy atom. The zero-order chi connectivity index (χ0) is 34.6. The third kappa shape index (κ3) is 10.6. The van der Waals surface area contributed by atoms with Crippen LogP contribution in [0.2, 0.25) is 0 Å². The smallest absolute Gasteiger partial charge is 0.303 e. The van der Waals surface area contributed by atoms with Crippen molar-refractivity contribution in [3.05, 3.63) is 131 Å². The number of carboxylic acids is 1. The van der Waals surface area contributed by atoms with Crippen LogP contribution >= 0.6 is 0 Å². The molecule has 258 valence electrons. The van der Waals surface area contributed by atoms with Crippen molar-refractivity contribution in [3.8, 4) is 11.1 Å². The van der Waals surface area contributed by atoms with Gasteiger partial charge in [-0.3, -0.25) is 14.5 Å². The van der Waals surface area contributed by atoms with E-state index in [1.807, 2.05) is 54.6 Å². The zero-order valence-electron chi connectivity index (χ0n) is 28.5. The Kier molecular flexibility index (Phi) is 13.1. The minimum absolute atomic E-state index is 0.00111. The molecule has 0 spiro atoms. The van der Waals surface area contributed by atoms with Gasteiger partial charge in [-0.15, -0.1) is 0 Å². The number of nitrogens with zero attached hydrogens (tertiary/aromatic N) is 1. The average molecular weight is 665 g/mol. The number of benzene rings is 4. The van der Waals surface area contributed by atoms with Gasteiger partial charge >= 0.3 is 5.97 Å². The summed E-state index contributed by atoms with van der Waals surface area (Å²) in [5.41, 5.74) is 7.16. The van der Waals surface area contributed by atoms with Crippen molar-refractivity contribution in [2.24, 2.45) is 0 Å². The van der Waals surface area contributed by atoms with Crippen LogP contribution in [0.15, 0.2) is 103 Å². The normalized spacial score (nSPS) is 18.2. The molecule has 4 unspecified atom stereocenters. The van der Waals surface area contributed by atoms with Gasteiger partial charge in [0.1, 0.15) is 0 Å². The largest absolute Gasteiger partial charge is 0.481 e. The van der Waals surface area contributed by atoms with Crippen LogP contribution in [-0.2, 0) is 32.2 Å². The Morgan fingerprint density at radius 3 is 2.27 bits per heavy atom. The summed E-state index contributed by atoms with van der Waals surface area (Å²) >= 11 is 0. The fraction of sp³-hybridized carbons (Fsp3) is 0.366. The third-order valence-electron chi connectivity index (χ3n) is 9.25. The molecule has 4 aromatic rings. The van der Waals surface area contributed by atoms with Gasteiger partial charge in [-0.25, -0.2) is 0 Å². The summed E-state index contributed by atoms with van der Waals surface area (Å²) in [5, 5.41) is 21.3. The van der Waals surface area contributed by atoms with Gasteiger partial charge in [0, 0.05) is 44.0 Å². The number of aliphatic hydroxyl groups excluding tert-OH is 1. The Balaban J connectivity index is 1.28. The third-order valence-corrected chi connectivity index (χ3v) is 9.25. The number of carbonyl (C=O) groups is 2. The van der Waals surface area contributed by atoms with Gasteiger partial charge in [-0.05, 0) is 72.3 Å². The summed E-state index contributed by atoms with van der Waals surface area (Å²) in [4.78, 5) is 25.4. The number of ether oxygens (including phenoxy) is 2. The second-order valence-electron chi connectivity index (χ2n) is 12.9. The molecule has 4 aromatic carbocycles. The Bertz CT molecular complexity index is 1640. The van der Waals surface area contributed by atoms with Gasteiger partial charge in [0.25, 0.3) is 0 Å². The summed E-state index contributed by atoms with van der Waals surface area (Å²) < 4.78 is 13.3. The maximum Gasteiger partial charge on any atom is 0.303 e. The number of nitrogens with one attached hydrogen (secondary N) is 1. The Hall–Kier alpha value is -4.34. The van der Waals surface area contributed by atoms with Crippen LogP contribution in [0.3, 0.4) is 0 Å². The van der Waals surface area contributed by atoms with E-state index < -0.39 is 12.3 Å². The minimum Gasteiger partial charge on any atom is -0.481 e. The highest BCUT2D eigenvalue weighted by Crippen LogP contribution is 2.39. The highest BCUT2D eigenvalue weighted by atomic mass is 16.7. The quantitative estimate of drug-likeness (QED) is 0.105. The van der Waals surface area contributed by atoms with E-state index in [-0.39, 0.29) is 37.2 Å². The van der Waals surface area contributed by atoms with Gasteiger partial charge < -0.3 is 25.0 Å². The first kappa shape index (κ1) is 36.0. The van der Waals surface area contributed by atoms with E-state index in [1.165, 1.54) is 5.56 Å². The molecule has 0 saturated carbocycles. The van der Waals surface area contributed by atoms with E-state index in [9.17, 15) is 14.7 Å². The van der Waals surface area contributed by atoms with E-state index in [0.29, 0.717) is 32.2 Å². The van der Waals surface area contributed by atoms with Crippen LogP contribution < -0.4 is 5.32 Å². The molecule has 8 nitrogen and oxygen atoms in total. The lowest BCUT2D eigenvalue weighted by molar-refractivity contribution is -0.253. The number of aliphatic hydroxyl groups is 1. The summed E-state index contributed by atoms with van der Waals surface area (Å²) in [6.45, 7) is 3.37. The molecule has 1 aliphatic rings. The number of carboxylic acid groups (broad SMARTS) is 1. The zero-order valence-corrected chi connectivity index (χ0v) is 28.5. The number of amides is 1. The molecule has 8 heteroatoms. The maximum absolute atomic E-state index is 12.4. The molecule has 1 fully saturated rings. The summed E-state index contributed by atoms with van der Waals surface area (Å²) in [7, 11) is 2.13. The predicted octanol–water partition coefficient (Wildman–Crippen LogP) is 7.74. The van der Waals surface area contributed by atoms with Crippen molar-refractivity contribution in [1.29, 1.82) is 0 Å². The molecule has 1 heterocycles. The lowest BCUT2D eigenvalue weighted by Gasteiger charge is -2.39. The minimum atomic E-state index is -0.802. The highest BCUT2D eigenvalue weighted by molar-refractivity contribution is 5.76. The van der Waals surface area contributed by atoms with E-state index >= 15 is 0 Å². The molecule has 1 aliphatic heterocycles. The first-order valence-corrected chi connectivity index (χ1v) is 17.2. The van der Waals surface area contributed by atoms with Gasteiger partial charge in [0.05, 0.1) is 18.8 Å².